The molecule has 0 heterocycles. The maximum Gasteiger partial charge on any atom is 0.240 e. The van der Waals surface area contributed by atoms with Crippen LogP contribution in [0.15, 0.2) is 35.2 Å². The first-order valence-corrected chi connectivity index (χ1v) is 6.05. The zero-order valence-corrected chi connectivity index (χ0v) is 9.21. The molecular weight excluding hydrogens is 198 g/mol. The minimum atomic E-state index is -3.31. The molecule has 3 nitrogen and oxygen atoms in total. The number of hydrogen-bond donors (Lipinski definition) is 1. The molecule has 4 heteroatoms. The summed E-state index contributed by atoms with van der Waals surface area (Å²) in [5, 5.41) is 0. The highest BCUT2D eigenvalue weighted by Gasteiger charge is 2.12. The fraction of sp³-hybridized carbons (Fsp3) is 0.400. The van der Waals surface area contributed by atoms with E-state index in [2.05, 4.69) is 4.72 Å². The Kier molecular flexibility index (Phi) is 3.66. The average Bonchev–Trinajstić information content (AvgIpc) is 2.16. The predicted molar refractivity (Wildman–Crippen MR) is 56.5 cm³/mol. The van der Waals surface area contributed by atoms with Crippen LogP contribution in [0.2, 0.25) is 0 Å². The monoisotopic (exact) mass is 213 g/mol. The second kappa shape index (κ2) is 4.57. The Morgan fingerprint density at radius 2 is 1.79 bits per heavy atom. The van der Waals surface area contributed by atoms with Crippen molar-refractivity contribution in [3.05, 3.63) is 30.3 Å². The first-order chi connectivity index (χ1) is 6.52. The molecule has 0 fully saturated rings. The van der Waals surface area contributed by atoms with E-state index in [1.807, 2.05) is 13.8 Å². The van der Waals surface area contributed by atoms with Gasteiger partial charge in [0.2, 0.25) is 10.0 Å². The van der Waals surface area contributed by atoms with Gasteiger partial charge in [0.15, 0.2) is 0 Å². The SMILES string of the molecule is CC(C)CNS(=O)(=O)c1ccccc1. The van der Waals surface area contributed by atoms with E-state index in [4.69, 9.17) is 0 Å². The van der Waals surface area contributed by atoms with E-state index in [0.717, 1.165) is 0 Å². The second-order valence-corrected chi connectivity index (χ2v) is 5.33. The fourth-order valence-electron chi connectivity index (χ4n) is 0.959. The summed E-state index contributed by atoms with van der Waals surface area (Å²) in [6, 6.07) is 8.39. The molecule has 0 amide bonds. The largest absolute Gasteiger partial charge is 0.240 e. The van der Waals surface area contributed by atoms with Gasteiger partial charge in [0.05, 0.1) is 4.90 Å². The first kappa shape index (κ1) is 11.2. The molecule has 0 aromatic heterocycles. The highest BCUT2D eigenvalue weighted by molar-refractivity contribution is 7.89. The Balaban J connectivity index is 2.77. The van der Waals surface area contributed by atoms with Crippen molar-refractivity contribution in [1.29, 1.82) is 0 Å². The zero-order chi connectivity index (χ0) is 10.6. The van der Waals surface area contributed by atoms with Crippen molar-refractivity contribution >= 4 is 10.0 Å². The molecule has 0 aliphatic carbocycles. The average molecular weight is 213 g/mol. The lowest BCUT2D eigenvalue weighted by molar-refractivity contribution is 0.560. The molecule has 14 heavy (non-hydrogen) atoms. The molecule has 78 valence electrons. The Morgan fingerprint density at radius 3 is 2.29 bits per heavy atom. The van der Waals surface area contributed by atoms with E-state index < -0.39 is 10.0 Å². The highest BCUT2D eigenvalue weighted by Crippen LogP contribution is 2.07. The topological polar surface area (TPSA) is 46.2 Å². The number of rotatable bonds is 4. The number of hydrogen-bond acceptors (Lipinski definition) is 2. The van der Waals surface area contributed by atoms with Crippen molar-refractivity contribution in [2.24, 2.45) is 5.92 Å². The summed E-state index contributed by atoms with van der Waals surface area (Å²) >= 11 is 0. The van der Waals surface area contributed by atoms with Gasteiger partial charge in [0, 0.05) is 6.54 Å². The third kappa shape index (κ3) is 3.12. The predicted octanol–water partition coefficient (Wildman–Crippen LogP) is 1.62. The first-order valence-electron chi connectivity index (χ1n) is 4.57. The van der Waals surface area contributed by atoms with Crippen molar-refractivity contribution < 1.29 is 8.42 Å². The molecule has 0 aliphatic rings. The minimum Gasteiger partial charge on any atom is -0.211 e. The Bertz CT molecular complexity index is 370. The summed E-state index contributed by atoms with van der Waals surface area (Å²) in [7, 11) is -3.31. The van der Waals surface area contributed by atoms with Gasteiger partial charge in [-0.05, 0) is 18.1 Å². The minimum absolute atomic E-state index is 0.313. The summed E-state index contributed by atoms with van der Waals surface area (Å²) in [6.45, 7) is 4.40. The molecule has 1 aromatic carbocycles. The summed E-state index contributed by atoms with van der Waals surface area (Å²) in [4.78, 5) is 0.320. The van der Waals surface area contributed by atoms with Gasteiger partial charge >= 0.3 is 0 Å². The van der Waals surface area contributed by atoms with Gasteiger partial charge in [0.25, 0.3) is 0 Å². The van der Waals surface area contributed by atoms with Crippen LogP contribution in [0, 0.1) is 5.92 Å². The lowest BCUT2D eigenvalue weighted by Gasteiger charge is -2.08. The van der Waals surface area contributed by atoms with Crippen LogP contribution in [0.1, 0.15) is 13.8 Å². The van der Waals surface area contributed by atoms with Crippen LogP contribution in [-0.4, -0.2) is 15.0 Å². The van der Waals surface area contributed by atoms with Crippen molar-refractivity contribution in [2.45, 2.75) is 18.7 Å². The second-order valence-electron chi connectivity index (χ2n) is 3.56. The van der Waals surface area contributed by atoms with Crippen LogP contribution in [0.4, 0.5) is 0 Å². The molecular formula is C10H15NO2S. The molecule has 0 bridgehead atoms. The van der Waals surface area contributed by atoms with Crippen LogP contribution in [-0.2, 0) is 10.0 Å². The standard InChI is InChI=1S/C10H15NO2S/c1-9(2)8-11-14(12,13)10-6-4-3-5-7-10/h3-7,9,11H,8H2,1-2H3. The highest BCUT2D eigenvalue weighted by atomic mass is 32.2. The van der Waals surface area contributed by atoms with Gasteiger partial charge in [0.1, 0.15) is 0 Å². The summed E-state index contributed by atoms with van der Waals surface area (Å²) in [5.74, 6) is 0.313. The Labute approximate surface area is 85.2 Å². The van der Waals surface area contributed by atoms with Gasteiger partial charge < -0.3 is 0 Å². The number of benzene rings is 1. The molecule has 0 saturated heterocycles. The number of sulfonamides is 1. The third-order valence-electron chi connectivity index (χ3n) is 1.74. The van der Waals surface area contributed by atoms with Crippen molar-refractivity contribution in [1.82, 2.24) is 4.72 Å². The molecule has 1 N–H and O–H groups in total. The Hall–Kier alpha value is -0.870. The lowest BCUT2D eigenvalue weighted by Crippen LogP contribution is -2.27. The van der Waals surface area contributed by atoms with E-state index in [1.54, 1.807) is 30.3 Å². The van der Waals surface area contributed by atoms with E-state index in [-0.39, 0.29) is 0 Å². The van der Waals surface area contributed by atoms with Crippen LogP contribution in [0.5, 0.6) is 0 Å². The maximum absolute atomic E-state index is 11.6. The van der Waals surface area contributed by atoms with Crippen LogP contribution >= 0.6 is 0 Å². The van der Waals surface area contributed by atoms with Crippen molar-refractivity contribution in [3.8, 4) is 0 Å². The van der Waals surface area contributed by atoms with Crippen molar-refractivity contribution in [3.63, 3.8) is 0 Å². The smallest absolute Gasteiger partial charge is 0.211 e. The molecule has 0 saturated carbocycles. The van der Waals surface area contributed by atoms with E-state index in [9.17, 15) is 8.42 Å². The molecule has 1 aromatic rings. The summed E-state index contributed by atoms with van der Waals surface area (Å²) in [5.41, 5.74) is 0. The molecule has 1 rings (SSSR count). The summed E-state index contributed by atoms with van der Waals surface area (Å²) in [6.07, 6.45) is 0. The van der Waals surface area contributed by atoms with E-state index in [0.29, 0.717) is 17.4 Å². The van der Waals surface area contributed by atoms with Crippen LogP contribution in [0.25, 0.3) is 0 Å². The van der Waals surface area contributed by atoms with E-state index in [1.165, 1.54) is 0 Å². The molecule has 0 radical (unpaired) electrons. The molecule has 0 spiro atoms. The molecule has 0 unspecified atom stereocenters. The van der Waals surface area contributed by atoms with Gasteiger partial charge in [-0.3, -0.25) is 0 Å². The van der Waals surface area contributed by atoms with E-state index >= 15 is 0 Å². The van der Waals surface area contributed by atoms with Gasteiger partial charge in [-0.15, -0.1) is 0 Å². The molecule has 0 atom stereocenters. The van der Waals surface area contributed by atoms with Gasteiger partial charge in [-0.25, -0.2) is 13.1 Å². The maximum atomic E-state index is 11.6. The zero-order valence-electron chi connectivity index (χ0n) is 8.40. The quantitative estimate of drug-likeness (QED) is 0.826. The third-order valence-corrected chi connectivity index (χ3v) is 3.17. The van der Waals surface area contributed by atoms with Crippen LogP contribution < -0.4 is 4.72 Å². The van der Waals surface area contributed by atoms with Crippen molar-refractivity contribution in [2.75, 3.05) is 6.54 Å². The van der Waals surface area contributed by atoms with Gasteiger partial charge in [-0.2, -0.15) is 0 Å². The Morgan fingerprint density at radius 1 is 1.21 bits per heavy atom. The summed E-state index contributed by atoms with van der Waals surface area (Å²) < 4.78 is 25.8. The normalized spacial score (nSPS) is 11.9. The van der Waals surface area contributed by atoms with Gasteiger partial charge in [-0.1, -0.05) is 32.0 Å². The lowest BCUT2D eigenvalue weighted by atomic mass is 10.2. The number of nitrogens with one attached hydrogen (secondary N) is 1. The fourth-order valence-corrected chi connectivity index (χ4v) is 2.19. The van der Waals surface area contributed by atoms with Crippen LogP contribution in [0.3, 0.4) is 0 Å². The molecule has 0 aliphatic heterocycles.